The van der Waals surface area contributed by atoms with Crippen LogP contribution in [0.5, 0.6) is 5.75 Å². The van der Waals surface area contributed by atoms with E-state index in [1.165, 1.54) is 48.3 Å². The number of nitrogens with one attached hydrogen (secondary N) is 1. The van der Waals surface area contributed by atoms with Gasteiger partial charge in [-0.25, -0.2) is 13.9 Å². The molecule has 1 amide bonds. The summed E-state index contributed by atoms with van der Waals surface area (Å²) in [5, 5.41) is 7.01. The van der Waals surface area contributed by atoms with Crippen LogP contribution in [0.4, 0.5) is 4.39 Å². The number of carbonyl (C=O) groups excluding carboxylic acids is 2. The molecule has 0 spiro atoms. The molecule has 2 aromatic carbocycles. The highest BCUT2D eigenvalue weighted by Gasteiger charge is 2.21. The van der Waals surface area contributed by atoms with Gasteiger partial charge in [0.15, 0.2) is 6.61 Å². The minimum Gasteiger partial charge on any atom is -0.497 e. The number of nitrogens with zero attached hydrogens (tertiary/aromatic N) is 2. The van der Waals surface area contributed by atoms with Gasteiger partial charge in [0.25, 0.3) is 5.91 Å². The third-order valence-electron chi connectivity index (χ3n) is 4.15. The summed E-state index contributed by atoms with van der Waals surface area (Å²) in [5.74, 6) is -0.955. The molecule has 0 unspecified atom stereocenters. The number of hydrogen-bond acceptors (Lipinski definition) is 5. The Bertz CT molecular complexity index is 1060. The molecule has 0 aliphatic rings. The van der Waals surface area contributed by atoms with Crippen LogP contribution in [0.25, 0.3) is 16.9 Å². The van der Waals surface area contributed by atoms with Crippen LogP contribution in [0.15, 0.2) is 67.4 Å². The van der Waals surface area contributed by atoms with E-state index >= 15 is 0 Å². The van der Waals surface area contributed by atoms with Crippen LogP contribution in [0.3, 0.4) is 0 Å². The van der Waals surface area contributed by atoms with E-state index in [4.69, 9.17) is 9.47 Å². The molecule has 0 saturated heterocycles. The maximum atomic E-state index is 13.3. The second kappa shape index (κ2) is 9.51. The Morgan fingerprint density at radius 3 is 2.70 bits per heavy atom. The largest absolute Gasteiger partial charge is 0.497 e. The number of hydrogen-bond donors (Lipinski definition) is 1. The van der Waals surface area contributed by atoms with Gasteiger partial charge in [0, 0.05) is 18.3 Å². The first-order valence-corrected chi connectivity index (χ1v) is 9.06. The van der Waals surface area contributed by atoms with E-state index in [9.17, 15) is 14.0 Å². The van der Waals surface area contributed by atoms with E-state index in [-0.39, 0.29) is 17.9 Å². The Kier molecular flexibility index (Phi) is 6.59. The van der Waals surface area contributed by atoms with Crippen molar-refractivity contribution in [3.8, 4) is 22.7 Å². The second-order valence-corrected chi connectivity index (χ2v) is 6.21. The molecule has 154 valence electrons. The maximum absolute atomic E-state index is 13.3. The van der Waals surface area contributed by atoms with Gasteiger partial charge in [-0.15, -0.1) is 6.58 Å². The van der Waals surface area contributed by atoms with Gasteiger partial charge in [0.2, 0.25) is 0 Å². The number of amides is 1. The van der Waals surface area contributed by atoms with Crippen molar-refractivity contribution in [3.63, 3.8) is 0 Å². The predicted molar refractivity (Wildman–Crippen MR) is 109 cm³/mol. The molecular weight excluding hydrogens is 389 g/mol. The van der Waals surface area contributed by atoms with Crippen LogP contribution in [0.1, 0.15) is 10.4 Å². The van der Waals surface area contributed by atoms with Crippen LogP contribution in [-0.4, -0.2) is 41.9 Å². The number of halogens is 1. The monoisotopic (exact) mass is 409 g/mol. The van der Waals surface area contributed by atoms with Crippen molar-refractivity contribution < 1.29 is 23.5 Å². The molecule has 1 heterocycles. The average molecular weight is 409 g/mol. The van der Waals surface area contributed by atoms with Gasteiger partial charge in [0.1, 0.15) is 22.8 Å². The van der Waals surface area contributed by atoms with Gasteiger partial charge in [-0.2, -0.15) is 5.10 Å². The quantitative estimate of drug-likeness (QED) is 0.457. The number of benzene rings is 2. The highest BCUT2D eigenvalue weighted by atomic mass is 19.1. The lowest BCUT2D eigenvalue weighted by atomic mass is 10.1. The molecule has 0 radical (unpaired) electrons. The summed E-state index contributed by atoms with van der Waals surface area (Å²) in [7, 11) is 1.53. The highest BCUT2D eigenvalue weighted by Crippen LogP contribution is 2.27. The third kappa shape index (κ3) is 4.91. The Morgan fingerprint density at radius 1 is 1.23 bits per heavy atom. The molecule has 3 rings (SSSR count). The molecule has 3 aromatic rings. The van der Waals surface area contributed by atoms with Crippen molar-refractivity contribution in [1.29, 1.82) is 0 Å². The predicted octanol–water partition coefficient (Wildman–Crippen LogP) is 3.15. The van der Waals surface area contributed by atoms with Crippen LogP contribution in [0, 0.1) is 5.82 Å². The molecule has 30 heavy (non-hydrogen) atoms. The van der Waals surface area contributed by atoms with Gasteiger partial charge >= 0.3 is 5.97 Å². The van der Waals surface area contributed by atoms with Crippen molar-refractivity contribution in [3.05, 3.63) is 78.8 Å². The van der Waals surface area contributed by atoms with E-state index in [1.807, 2.05) is 0 Å². The number of aromatic nitrogens is 2. The molecule has 0 fully saturated rings. The highest BCUT2D eigenvalue weighted by molar-refractivity contribution is 5.97. The van der Waals surface area contributed by atoms with Crippen molar-refractivity contribution in [1.82, 2.24) is 15.1 Å². The number of ether oxygens (including phenoxy) is 2. The molecule has 7 nitrogen and oxygen atoms in total. The molecule has 0 aliphatic heterocycles. The molecule has 8 heteroatoms. The lowest BCUT2D eigenvalue weighted by molar-refractivity contribution is -0.124. The number of carbonyl (C=O) groups is 2. The first-order valence-electron chi connectivity index (χ1n) is 9.06. The van der Waals surface area contributed by atoms with Gasteiger partial charge < -0.3 is 14.8 Å². The SMILES string of the molecule is C=CCNC(=O)COC(=O)c1cn(-c2ccc(F)cc2)nc1-c1cccc(OC)c1. The molecule has 0 bridgehead atoms. The van der Waals surface area contributed by atoms with Gasteiger partial charge in [-0.05, 0) is 36.4 Å². The first-order chi connectivity index (χ1) is 14.5. The first kappa shape index (κ1) is 20.8. The zero-order chi connectivity index (χ0) is 21.5. The van der Waals surface area contributed by atoms with E-state index in [1.54, 1.807) is 24.3 Å². The van der Waals surface area contributed by atoms with E-state index in [0.717, 1.165) is 0 Å². The summed E-state index contributed by atoms with van der Waals surface area (Å²) in [4.78, 5) is 24.4. The second-order valence-electron chi connectivity index (χ2n) is 6.21. The van der Waals surface area contributed by atoms with Crippen LogP contribution in [-0.2, 0) is 9.53 Å². The van der Waals surface area contributed by atoms with Crippen LogP contribution < -0.4 is 10.1 Å². The summed E-state index contributed by atoms with van der Waals surface area (Å²) < 4.78 is 25.1. The summed E-state index contributed by atoms with van der Waals surface area (Å²) in [6.45, 7) is 3.34. The summed E-state index contributed by atoms with van der Waals surface area (Å²) >= 11 is 0. The van der Waals surface area contributed by atoms with Crippen molar-refractivity contribution in [2.75, 3.05) is 20.3 Å². The zero-order valence-electron chi connectivity index (χ0n) is 16.3. The Morgan fingerprint density at radius 2 is 2.00 bits per heavy atom. The Labute approximate surface area is 172 Å². The fourth-order valence-electron chi connectivity index (χ4n) is 2.68. The molecular formula is C22H20FN3O4. The smallest absolute Gasteiger partial charge is 0.342 e. The van der Waals surface area contributed by atoms with Crippen molar-refractivity contribution in [2.24, 2.45) is 0 Å². The number of rotatable bonds is 8. The zero-order valence-corrected chi connectivity index (χ0v) is 16.3. The third-order valence-corrected chi connectivity index (χ3v) is 4.15. The minimum absolute atomic E-state index is 0.157. The number of methoxy groups -OCH3 is 1. The van der Waals surface area contributed by atoms with E-state index in [0.29, 0.717) is 22.7 Å². The van der Waals surface area contributed by atoms with E-state index < -0.39 is 18.5 Å². The number of esters is 1. The van der Waals surface area contributed by atoms with Gasteiger partial charge in [-0.3, -0.25) is 4.79 Å². The van der Waals surface area contributed by atoms with E-state index in [2.05, 4.69) is 17.0 Å². The van der Waals surface area contributed by atoms with Crippen molar-refractivity contribution in [2.45, 2.75) is 0 Å². The molecule has 0 saturated carbocycles. The lowest BCUT2D eigenvalue weighted by Gasteiger charge is -2.06. The molecule has 0 aliphatic carbocycles. The Hall–Kier alpha value is -3.94. The van der Waals surface area contributed by atoms with Gasteiger partial charge in [0.05, 0.1) is 12.8 Å². The minimum atomic E-state index is -0.713. The Balaban J connectivity index is 1.94. The normalized spacial score (nSPS) is 10.3. The van der Waals surface area contributed by atoms with Gasteiger partial charge in [-0.1, -0.05) is 18.2 Å². The van der Waals surface area contributed by atoms with Crippen molar-refractivity contribution >= 4 is 11.9 Å². The fraction of sp³-hybridized carbons (Fsp3) is 0.136. The summed E-state index contributed by atoms with van der Waals surface area (Å²) in [5.41, 5.74) is 1.68. The summed E-state index contributed by atoms with van der Waals surface area (Å²) in [6, 6.07) is 12.7. The summed E-state index contributed by atoms with van der Waals surface area (Å²) in [6.07, 6.45) is 3.00. The molecule has 1 N–H and O–H groups in total. The van der Waals surface area contributed by atoms with Crippen LogP contribution in [0.2, 0.25) is 0 Å². The molecule has 1 aromatic heterocycles. The average Bonchev–Trinajstić information content (AvgIpc) is 3.22. The molecule has 0 atom stereocenters. The van der Waals surface area contributed by atoms with Crippen LogP contribution >= 0.6 is 0 Å². The maximum Gasteiger partial charge on any atom is 0.342 e. The topological polar surface area (TPSA) is 82.5 Å². The standard InChI is InChI=1S/C22H20FN3O4/c1-3-11-24-20(27)14-30-22(28)19-13-26(17-9-7-16(23)8-10-17)25-21(19)15-5-4-6-18(12-15)29-2/h3-10,12-13H,1,11,14H2,2H3,(H,24,27). The lowest BCUT2D eigenvalue weighted by Crippen LogP contribution is -2.28. The fourth-order valence-corrected chi connectivity index (χ4v) is 2.68.